The van der Waals surface area contributed by atoms with Crippen molar-refractivity contribution in [2.45, 2.75) is 13.3 Å². The van der Waals surface area contributed by atoms with Gasteiger partial charge in [0.15, 0.2) is 17.3 Å². The summed E-state index contributed by atoms with van der Waals surface area (Å²) >= 11 is 1.55. The van der Waals surface area contributed by atoms with Crippen LogP contribution in [0.25, 0.3) is 0 Å². The summed E-state index contributed by atoms with van der Waals surface area (Å²) in [5.41, 5.74) is 1.41. The molecule has 0 aliphatic heterocycles. The number of carbonyl (C=O) groups excluding carboxylic acids is 1. The first-order chi connectivity index (χ1) is 9.13. The second-order valence-electron chi connectivity index (χ2n) is 4.03. The van der Waals surface area contributed by atoms with E-state index >= 15 is 0 Å². The molecule has 0 fully saturated rings. The zero-order chi connectivity index (χ0) is 13.8. The Morgan fingerprint density at radius 3 is 2.58 bits per heavy atom. The number of aryl methyl sites for hydroxylation is 1. The van der Waals surface area contributed by atoms with Gasteiger partial charge in [-0.05, 0) is 25.1 Å². The third kappa shape index (κ3) is 3.12. The van der Waals surface area contributed by atoms with Gasteiger partial charge in [-0.15, -0.1) is 11.3 Å². The molecule has 0 bridgehead atoms. The number of hydrogen-bond acceptors (Lipinski definition) is 5. The van der Waals surface area contributed by atoms with Crippen LogP contribution in [0.15, 0.2) is 23.6 Å². The van der Waals surface area contributed by atoms with Gasteiger partial charge in [0.25, 0.3) is 0 Å². The molecule has 0 atom stereocenters. The van der Waals surface area contributed by atoms with Gasteiger partial charge in [0.1, 0.15) is 0 Å². The fourth-order valence-corrected chi connectivity index (χ4v) is 2.38. The van der Waals surface area contributed by atoms with Crippen molar-refractivity contribution in [3.63, 3.8) is 0 Å². The van der Waals surface area contributed by atoms with Gasteiger partial charge in [-0.1, -0.05) is 0 Å². The molecule has 1 aromatic heterocycles. The lowest BCUT2D eigenvalue weighted by atomic mass is 10.1. The number of ether oxygens (including phenoxy) is 2. The molecule has 1 heterocycles. The van der Waals surface area contributed by atoms with Crippen LogP contribution in [0.4, 0.5) is 0 Å². The molecule has 0 spiro atoms. The number of nitrogens with zero attached hydrogens (tertiary/aromatic N) is 1. The van der Waals surface area contributed by atoms with E-state index in [4.69, 9.17) is 9.47 Å². The number of aromatic nitrogens is 1. The van der Waals surface area contributed by atoms with Crippen LogP contribution in [-0.2, 0) is 6.42 Å². The van der Waals surface area contributed by atoms with Crippen LogP contribution in [0.2, 0.25) is 0 Å². The van der Waals surface area contributed by atoms with Crippen molar-refractivity contribution in [2.24, 2.45) is 0 Å². The van der Waals surface area contributed by atoms with Gasteiger partial charge in [0.2, 0.25) is 0 Å². The van der Waals surface area contributed by atoms with Gasteiger partial charge in [-0.2, -0.15) is 0 Å². The summed E-state index contributed by atoms with van der Waals surface area (Å²) in [5.74, 6) is 1.19. The Hall–Kier alpha value is -1.88. The highest BCUT2D eigenvalue weighted by Crippen LogP contribution is 2.28. The van der Waals surface area contributed by atoms with Gasteiger partial charge in [0.05, 0.1) is 31.3 Å². The summed E-state index contributed by atoms with van der Waals surface area (Å²) in [5, 5.41) is 2.88. The number of benzene rings is 1. The highest BCUT2D eigenvalue weighted by atomic mass is 32.1. The topological polar surface area (TPSA) is 48.4 Å². The molecular formula is C14H15NO3S. The predicted octanol–water partition coefficient (Wildman–Crippen LogP) is 2.89. The van der Waals surface area contributed by atoms with Gasteiger partial charge in [-0.3, -0.25) is 4.79 Å². The first-order valence-corrected chi connectivity index (χ1v) is 6.68. The molecule has 0 radical (unpaired) electrons. The zero-order valence-electron chi connectivity index (χ0n) is 11.1. The lowest BCUT2D eigenvalue weighted by Crippen LogP contribution is -2.04. The van der Waals surface area contributed by atoms with Crippen molar-refractivity contribution in [3.05, 3.63) is 39.8 Å². The van der Waals surface area contributed by atoms with E-state index in [0.29, 0.717) is 23.5 Å². The van der Waals surface area contributed by atoms with Gasteiger partial charge in [0, 0.05) is 10.9 Å². The fraction of sp³-hybridized carbons (Fsp3) is 0.286. The minimum atomic E-state index is 0.0197. The van der Waals surface area contributed by atoms with E-state index in [1.807, 2.05) is 12.3 Å². The summed E-state index contributed by atoms with van der Waals surface area (Å²) in [6, 6.07) is 5.17. The largest absolute Gasteiger partial charge is 0.493 e. The lowest BCUT2D eigenvalue weighted by molar-refractivity contribution is 0.0991. The SMILES string of the molecule is COc1ccc(C(=O)Cc2csc(C)n2)cc1OC. The smallest absolute Gasteiger partial charge is 0.168 e. The molecule has 0 aliphatic carbocycles. The van der Waals surface area contributed by atoms with E-state index in [-0.39, 0.29) is 5.78 Å². The van der Waals surface area contributed by atoms with E-state index in [9.17, 15) is 4.79 Å². The minimum Gasteiger partial charge on any atom is -0.493 e. The Labute approximate surface area is 116 Å². The monoisotopic (exact) mass is 277 g/mol. The maximum atomic E-state index is 12.2. The van der Waals surface area contributed by atoms with Gasteiger partial charge in [-0.25, -0.2) is 4.98 Å². The number of hydrogen-bond donors (Lipinski definition) is 0. The van der Waals surface area contributed by atoms with Crippen LogP contribution < -0.4 is 9.47 Å². The quantitative estimate of drug-likeness (QED) is 0.788. The summed E-state index contributed by atoms with van der Waals surface area (Å²) in [6.07, 6.45) is 0.305. The Bertz CT molecular complexity index is 592. The first-order valence-electron chi connectivity index (χ1n) is 5.80. The van der Waals surface area contributed by atoms with E-state index in [1.165, 1.54) is 0 Å². The summed E-state index contributed by atoms with van der Waals surface area (Å²) in [7, 11) is 3.12. The van der Waals surface area contributed by atoms with E-state index < -0.39 is 0 Å². The Morgan fingerprint density at radius 1 is 1.26 bits per heavy atom. The van der Waals surface area contributed by atoms with E-state index in [1.54, 1.807) is 43.8 Å². The minimum absolute atomic E-state index is 0.0197. The molecule has 19 heavy (non-hydrogen) atoms. The first kappa shape index (κ1) is 13.5. The predicted molar refractivity (Wildman–Crippen MR) is 74.4 cm³/mol. The lowest BCUT2D eigenvalue weighted by Gasteiger charge is -2.08. The van der Waals surface area contributed by atoms with Crippen molar-refractivity contribution < 1.29 is 14.3 Å². The maximum Gasteiger partial charge on any atom is 0.168 e. The second kappa shape index (κ2) is 5.84. The molecule has 2 rings (SSSR count). The fourth-order valence-electron chi connectivity index (χ4n) is 1.77. The number of Topliss-reactive ketones (excluding diaryl/α,β-unsaturated/α-hetero) is 1. The molecule has 2 aromatic rings. The van der Waals surface area contributed by atoms with Crippen LogP contribution in [0.5, 0.6) is 11.5 Å². The summed E-state index contributed by atoms with van der Waals surface area (Å²) < 4.78 is 10.3. The molecule has 1 aromatic carbocycles. The molecular weight excluding hydrogens is 262 g/mol. The van der Waals surface area contributed by atoms with Crippen LogP contribution >= 0.6 is 11.3 Å². The molecule has 0 saturated carbocycles. The zero-order valence-corrected chi connectivity index (χ0v) is 11.9. The van der Waals surface area contributed by atoms with Crippen molar-refractivity contribution >= 4 is 17.1 Å². The van der Waals surface area contributed by atoms with Crippen LogP contribution in [0.1, 0.15) is 21.1 Å². The molecule has 0 aliphatic rings. The molecule has 100 valence electrons. The third-order valence-electron chi connectivity index (χ3n) is 2.71. The number of rotatable bonds is 5. The van der Waals surface area contributed by atoms with Crippen LogP contribution in [0.3, 0.4) is 0 Å². The van der Waals surface area contributed by atoms with Crippen molar-refractivity contribution in [1.29, 1.82) is 0 Å². The van der Waals surface area contributed by atoms with Crippen LogP contribution in [-0.4, -0.2) is 25.0 Å². The van der Waals surface area contributed by atoms with E-state index in [0.717, 1.165) is 10.7 Å². The van der Waals surface area contributed by atoms with Crippen molar-refractivity contribution in [2.75, 3.05) is 14.2 Å². The maximum absolute atomic E-state index is 12.2. The molecule has 4 nitrogen and oxygen atoms in total. The number of methoxy groups -OCH3 is 2. The normalized spacial score (nSPS) is 10.3. The average molecular weight is 277 g/mol. The summed E-state index contributed by atoms with van der Waals surface area (Å²) in [6.45, 7) is 1.93. The number of ketones is 1. The van der Waals surface area contributed by atoms with Crippen molar-refractivity contribution in [3.8, 4) is 11.5 Å². The standard InChI is InChI=1S/C14H15NO3S/c1-9-15-11(8-19-9)7-12(16)10-4-5-13(17-2)14(6-10)18-3/h4-6,8H,7H2,1-3H3. The molecule has 5 heteroatoms. The third-order valence-corrected chi connectivity index (χ3v) is 3.54. The van der Waals surface area contributed by atoms with Gasteiger partial charge >= 0.3 is 0 Å². The molecule has 0 saturated heterocycles. The average Bonchev–Trinajstić information content (AvgIpc) is 2.83. The highest BCUT2D eigenvalue weighted by Gasteiger charge is 2.12. The molecule has 0 N–H and O–H groups in total. The molecule has 0 unspecified atom stereocenters. The Balaban J connectivity index is 2.19. The van der Waals surface area contributed by atoms with Crippen molar-refractivity contribution in [1.82, 2.24) is 4.98 Å². The Kier molecular flexibility index (Phi) is 4.16. The summed E-state index contributed by atoms with van der Waals surface area (Å²) in [4.78, 5) is 16.5. The molecule has 0 amide bonds. The second-order valence-corrected chi connectivity index (χ2v) is 5.09. The Morgan fingerprint density at radius 2 is 2.00 bits per heavy atom. The highest BCUT2D eigenvalue weighted by molar-refractivity contribution is 7.09. The number of carbonyl (C=O) groups is 1. The van der Waals surface area contributed by atoms with Crippen LogP contribution in [0, 0.1) is 6.92 Å². The number of thiazole rings is 1. The van der Waals surface area contributed by atoms with Gasteiger partial charge < -0.3 is 9.47 Å². The van der Waals surface area contributed by atoms with E-state index in [2.05, 4.69) is 4.98 Å².